The van der Waals surface area contributed by atoms with Gasteiger partial charge in [0.25, 0.3) is 5.91 Å². The molecule has 1 aliphatic heterocycles. The number of rotatable bonds is 4. The molecule has 0 spiro atoms. The SMILES string of the molecule is O=C1CN(C(=O)CNC(=O)c2cccs2)C(C(=O)O)CN1. The van der Waals surface area contributed by atoms with Gasteiger partial charge in [0.05, 0.1) is 11.4 Å². The second-order valence-corrected chi connectivity index (χ2v) is 5.29. The number of aliphatic carboxylic acids is 1. The molecule has 2 rings (SSSR count). The molecule has 1 aromatic rings. The van der Waals surface area contributed by atoms with Crippen LogP contribution in [-0.2, 0) is 14.4 Å². The Morgan fingerprint density at radius 3 is 2.86 bits per heavy atom. The Hall–Kier alpha value is -2.42. The minimum atomic E-state index is -1.20. The maximum absolute atomic E-state index is 12.0. The number of thiophene rings is 1. The van der Waals surface area contributed by atoms with E-state index in [1.165, 1.54) is 11.3 Å². The maximum Gasteiger partial charge on any atom is 0.328 e. The molecule has 2 heterocycles. The molecule has 1 unspecified atom stereocenters. The molecule has 21 heavy (non-hydrogen) atoms. The zero-order valence-electron chi connectivity index (χ0n) is 10.9. The maximum atomic E-state index is 12.0. The third-order valence-electron chi connectivity index (χ3n) is 2.93. The Labute approximate surface area is 123 Å². The van der Waals surface area contributed by atoms with Gasteiger partial charge in [-0.3, -0.25) is 14.4 Å². The van der Waals surface area contributed by atoms with Crippen LogP contribution in [0.3, 0.4) is 0 Å². The molecule has 3 N–H and O–H groups in total. The van der Waals surface area contributed by atoms with Crippen molar-refractivity contribution in [2.75, 3.05) is 19.6 Å². The first-order valence-corrected chi connectivity index (χ1v) is 6.97. The number of amides is 3. The summed E-state index contributed by atoms with van der Waals surface area (Å²) in [5.74, 6) is -2.65. The van der Waals surface area contributed by atoms with Gasteiger partial charge in [0.2, 0.25) is 11.8 Å². The van der Waals surface area contributed by atoms with Crippen molar-refractivity contribution in [2.24, 2.45) is 0 Å². The average Bonchev–Trinajstić information content (AvgIpc) is 2.98. The number of hydrogen-bond acceptors (Lipinski definition) is 5. The molecule has 0 bridgehead atoms. The molecule has 1 aromatic heterocycles. The summed E-state index contributed by atoms with van der Waals surface area (Å²) in [6.45, 7) is -0.822. The molecule has 112 valence electrons. The standard InChI is InChI=1S/C12H13N3O5S/c16-9-6-15(7(4-13-9)12(19)20)10(17)5-14-11(18)8-2-1-3-21-8/h1-3,7H,4-6H2,(H,13,16)(H,14,18)(H,19,20). The highest BCUT2D eigenvalue weighted by Gasteiger charge is 2.35. The number of carbonyl (C=O) groups excluding carboxylic acids is 3. The van der Waals surface area contributed by atoms with Crippen LogP contribution in [0.2, 0.25) is 0 Å². The van der Waals surface area contributed by atoms with E-state index in [-0.39, 0.29) is 19.6 Å². The van der Waals surface area contributed by atoms with Crippen molar-refractivity contribution < 1.29 is 24.3 Å². The van der Waals surface area contributed by atoms with E-state index in [2.05, 4.69) is 10.6 Å². The topological polar surface area (TPSA) is 116 Å². The Balaban J connectivity index is 1.96. The van der Waals surface area contributed by atoms with Crippen LogP contribution in [0.25, 0.3) is 0 Å². The first-order chi connectivity index (χ1) is 9.99. The van der Waals surface area contributed by atoms with Gasteiger partial charge in [-0.15, -0.1) is 11.3 Å². The van der Waals surface area contributed by atoms with E-state index in [1.54, 1.807) is 17.5 Å². The van der Waals surface area contributed by atoms with Crippen LogP contribution in [0.4, 0.5) is 0 Å². The van der Waals surface area contributed by atoms with Gasteiger partial charge >= 0.3 is 5.97 Å². The van der Waals surface area contributed by atoms with Crippen LogP contribution in [0.5, 0.6) is 0 Å². The number of carbonyl (C=O) groups is 4. The molecule has 0 aromatic carbocycles. The zero-order valence-corrected chi connectivity index (χ0v) is 11.7. The van der Waals surface area contributed by atoms with Gasteiger partial charge in [0.15, 0.2) is 0 Å². The van der Waals surface area contributed by atoms with Crippen molar-refractivity contribution >= 4 is 35.0 Å². The van der Waals surface area contributed by atoms with Gasteiger partial charge in [-0.05, 0) is 11.4 Å². The smallest absolute Gasteiger partial charge is 0.328 e. The molecule has 1 atom stereocenters. The van der Waals surface area contributed by atoms with E-state index in [0.717, 1.165) is 4.90 Å². The molecule has 1 saturated heterocycles. The Bertz CT molecular complexity index is 571. The van der Waals surface area contributed by atoms with Gasteiger partial charge in [0.1, 0.15) is 12.6 Å². The Kier molecular flexibility index (Phi) is 4.53. The Morgan fingerprint density at radius 1 is 1.48 bits per heavy atom. The van der Waals surface area contributed by atoms with E-state index >= 15 is 0 Å². The molecule has 1 fully saturated rings. The van der Waals surface area contributed by atoms with E-state index in [9.17, 15) is 19.2 Å². The minimum Gasteiger partial charge on any atom is -0.480 e. The quantitative estimate of drug-likeness (QED) is 0.652. The van der Waals surface area contributed by atoms with Crippen molar-refractivity contribution in [2.45, 2.75) is 6.04 Å². The first-order valence-electron chi connectivity index (χ1n) is 6.09. The fourth-order valence-electron chi connectivity index (χ4n) is 1.88. The number of carboxylic acids is 1. The summed E-state index contributed by atoms with van der Waals surface area (Å²) in [5.41, 5.74) is 0. The molecule has 0 saturated carbocycles. The highest BCUT2D eigenvalue weighted by Crippen LogP contribution is 2.08. The average molecular weight is 311 g/mol. The van der Waals surface area contributed by atoms with Gasteiger partial charge in [-0.25, -0.2) is 4.79 Å². The Morgan fingerprint density at radius 2 is 2.24 bits per heavy atom. The van der Waals surface area contributed by atoms with Gasteiger partial charge in [0, 0.05) is 6.54 Å². The highest BCUT2D eigenvalue weighted by atomic mass is 32.1. The third-order valence-corrected chi connectivity index (χ3v) is 3.80. The zero-order chi connectivity index (χ0) is 15.4. The summed E-state index contributed by atoms with van der Waals surface area (Å²) in [7, 11) is 0. The molecule has 9 heteroatoms. The molecule has 0 aliphatic carbocycles. The number of nitrogens with zero attached hydrogens (tertiary/aromatic N) is 1. The number of piperazine rings is 1. The van der Waals surface area contributed by atoms with Crippen LogP contribution in [0.1, 0.15) is 9.67 Å². The second kappa shape index (κ2) is 6.35. The number of nitrogens with one attached hydrogen (secondary N) is 2. The molecule has 8 nitrogen and oxygen atoms in total. The van der Waals surface area contributed by atoms with E-state index in [4.69, 9.17) is 5.11 Å². The van der Waals surface area contributed by atoms with Crippen molar-refractivity contribution in [3.05, 3.63) is 22.4 Å². The third kappa shape index (κ3) is 3.57. The summed E-state index contributed by atoms with van der Waals surface area (Å²) in [6.07, 6.45) is 0. The highest BCUT2D eigenvalue weighted by molar-refractivity contribution is 7.12. The van der Waals surface area contributed by atoms with Crippen LogP contribution in [0, 0.1) is 0 Å². The largest absolute Gasteiger partial charge is 0.480 e. The van der Waals surface area contributed by atoms with Crippen LogP contribution in [0.15, 0.2) is 17.5 Å². The molecular weight excluding hydrogens is 298 g/mol. The van der Waals surface area contributed by atoms with E-state index < -0.39 is 29.7 Å². The molecule has 0 radical (unpaired) electrons. The summed E-state index contributed by atoms with van der Waals surface area (Å²) in [6, 6.07) is 2.20. The first kappa shape index (κ1) is 15.0. The lowest BCUT2D eigenvalue weighted by Gasteiger charge is -2.32. The van der Waals surface area contributed by atoms with Gasteiger partial charge in [-0.1, -0.05) is 6.07 Å². The molecular formula is C12H13N3O5S. The van der Waals surface area contributed by atoms with Crippen molar-refractivity contribution in [1.82, 2.24) is 15.5 Å². The lowest BCUT2D eigenvalue weighted by molar-refractivity contribution is -0.153. The summed E-state index contributed by atoms with van der Waals surface area (Å²) in [5, 5.41) is 15.6. The van der Waals surface area contributed by atoms with E-state index in [0.29, 0.717) is 4.88 Å². The van der Waals surface area contributed by atoms with Crippen molar-refractivity contribution in [3.8, 4) is 0 Å². The van der Waals surface area contributed by atoms with E-state index in [1.807, 2.05) is 0 Å². The molecule has 3 amide bonds. The van der Waals surface area contributed by atoms with Crippen LogP contribution < -0.4 is 10.6 Å². The van der Waals surface area contributed by atoms with Crippen LogP contribution in [-0.4, -0.2) is 59.4 Å². The van der Waals surface area contributed by atoms with Gasteiger partial charge < -0.3 is 20.6 Å². The van der Waals surface area contributed by atoms with Crippen molar-refractivity contribution in [1.29, 1.82) is 0 Å². The second-order valence-electron chi connectivity index (χ2n) is 4.34. The van der Waals surface area contributed by atoms with Crippen LogP contribution >= 0.6 is 11.3 Å². The lowest BCUT2D eigenvalue weighted by atomic mass is 10.2. The fraction of sp³-hybridized carbons (Fsp3) is 0.333. The summed E-state index contributed by atoms with van der Waals surface area (Å²) >= 11 is 1.23. The normalized spacial score (nSPS) is 18.0. The fourth-order valence-corrected chi connectivity index (χ4v) is 2.52. The van der Waals surface area contributed by atoms with Crippen molar-refractivity contribution in [3.63, 3.8) is 0 Å². The predicted octanol–water partition coefficient (Wildman–Crippen LogP) is -1.11. The monoisotopic (exact) mass is 311 g/mol. The lowest BCUT2D eigenvalue weighted by Crippen LogP contribution is -2.60. The summed E-state index contributed by atoms with van der Waals surface area (Å²) < 4.78 is 0. The van der Waals surface area contributed by atoms with Gasteiger partial charge in [-0.2, -0.15) is 0 Å². The predicted molar refractivity (Wildman–Crippen MR) is 72.8 cm³/mol. The summed E-state index contributed by atoms with van der Waals surface area (Å²) in [4.78, 5) is 47.5. The number of hydrogen-bond donors (Lipinski definition) is 3. The molecule has 1 aliphatic rings. The minimum absolute atomic E-state index is 0.140. The number of carboxylic acid groups (broad SMARTS) is 1.